The van der Waals surface area contributed by atoms with Crippen LogP contribution in [0.3, 0.4) is 0 Å². The van der Waals surface area contributed by atoms with Gasteiger partial charge in [-0.05, 0) is 216 Å². The van der Waals surface area contributed by atoms with Gasteiger partial charge in [-0.1, -0.05) is 131 Å². The zero-order chi connectivity index (χ0) is 54.0. The number of hydrogen-bond acceptors (Lipinski definition) is 7. The Balaban J connectivity index is 0.750. The van der Waals surface area contributed by atoms with Gasteiger partial charge in [0.05, 0.1) is 12.8 Å². The molecule has 0 amide bonds. The summed E-state index contributed by atoms with van der Waals surface area (Å²) in [6.45, 7) is 33.2. The standard InChI is InChI=1S/C69H117N3O4/c1-48(2)16-14-18-50(5)58-24-26-60-56-22-20-52-46-54(28-34-66(52,7)62(56)30-36-68(58,60)9)75-64(73)32-40-71(38-12-13-39-72-44-42-70(11)43-45-72)41-33-65(74)76-55-29-35-67(8)53(47-55)21-23-57-61-27-25-59(51(6)19-15-17-49(3)4)69(61,10)37-31-63(57)67/h20-21,48-51,54-63H,12-19,22-47H2,1-11H3/t50-,51-,54+,55+,56+,57+,58-,59-,60+,61+,62+,63+,66+,67+,68-,69-/m1/s1. The molecule has 432 valence electrons. The first-order valence-corrected chi connectivity index (χ1v) is 33.2. The molecule has 0 N–H and O–H groups in total. The monoisotopic (exact) mass is 1050 g/mol. The van der Waals surface area contributed by atoms with E-state index in [-0.39, 0.29) is 35.0 Å². The summed E-state index contributed by atoms with van der Waals surface area (Å²) in [5.74, 6) is 9.88. The minimum Gasteiger partial charge on any atom is -0.462 e. The van der Waals surface area contributed by atoms with Gasteiger partial charge in [-0.15, -0.1) is 0 Å². The highest BCUT2D eigenvalue weighted by Gasteiger charge is 2.61. The average molecular weight is 1050 g/mol. The zero-order valence-electron chi connectivity index (χ0n) is 51.3. The fourth-order valence-electron chi connectivity index (χ4n) is 20.6. The van der Waals surface area contributed by atoms with Gasteiger partial charge in [-0.3, -0.25) is 9.59 Å². The summed E-state index contributed by atoms with van der Waals surface area (Å²) < 4.78 is 12.8. The molecule has 0 bridgehead atoms. The van der Waals surface area contributed by atoms with Crippen LogP contribution in [0.1, 0.15) is 236 Å². The Morgan fingerprint density at radius 3 is 1.46 bits per heavy atom. The lowest BCUT2D eigenvalue weighted by molar-refractivity contribution is -0.152. The van der Waals surface area contributed by atoms with Crippen molar-refractivity contribution in [3.63, 3.8) is 0 Å². The maximum absolute atomic E-state index is 13.8. The van der Waals surface area contributed by atoms with Crippen molar-refractivity contribution < 1.29 is 19.1 Å². The molecule has 0 radical (unpaired) electrons. The molecule has 76 heavy (non-hydrogen) atoms. The van der Waals surface area contributed by atoms with Crippen molar-refractivity contribution in [2.75, 3.05) is 59.4 Å². The zero-order valence-corrected chi connectivity index (χ0v) is 51.3. The third-order valence-electron chi connectivity index (χ3n) is 25.2. The number of ether oxygens (including phenoxy) is 2. The average Bonchev–Trinajstić information content (AvgIpc) is 3.96. The van der Waals surface area contributed by atoms with Crippen LogP contribution in [-0.4, -0.2) is 98.3 Å². The Kier molecular flexibility index (Phi) is 19.5. The highest BCUT2D eigenvalue weighted by molar-refractivity contribution is 5.70. The summed E-state index contributed by atoms with van der Waals surface area (Å²) in [6.07, 6.45) is 36.5. The maximum atomic E-state index is 13.8. The van der Waals surface area contributed by atoms with Gasteiger partial charge in [-0.25, -0.2) is 0 Å². The summed E-state index contributed by atoms with van der Waals surface area (Å²) in [6, 6.07) is 0. The normalized spacial score (nSPS) is 39.3. The minimum atomic E-state index is -0.0592. The van der Waals surface area contributed by atoms with Gasteiger partial charge in [0, 0.05) is 52.1 Å². The van der Waals surface area contributed by atoms with Gasteiger partial charge < -0.3 is 24.2 Å². The largest absolute Gasteiger partial charge is 0.462 e. The molecule has 0 spiro atoms. The van der Waals surface area contributed by atoms with E-state index in [1.165, 1.54) is 103 Å². The first-order chi connectivity index (χ1) is 36.3. The molecule has 7 heteroatoms. The van der Waals surface area contributed by atoms with Gasteiger partial charge in [0.1, 0.15) is 12.2 Å². The Morgan fingerprint density at radius 1 is 0.553 bits per heavy atom. The summed E-state index contributed by atoms with van der Waals surface area (Å²) in [4.78, 5) is 35.0. The highest BCUT2D eigenvalue weighted by Crippen LogP contribution is 2.69. The number of carbonyl (C=O) groups is 2. The molecule has 7 nitrogen and oxygen atoms in total. The van der Waals surface area contributed by atoms with Gasteiger partial charge in [0.25, 0.3) is 0 Å². The van der Waals surface area contributed by atoms with Crippen LogP contribution in [0.5, 0.6) is 0 Å². The number of carbonyl (C=O) groups excluding carboxylic acids is 2. The topological polar surface area (TPSA) is 62.3 Å². The molecule has 9 rings (SSSR count). The van der Waals surface area contributed by atoms with Crippen LogP contribution in [0.15, 0.2) is 23.3 Å². The molecule has 1 aliphatic heterocycles. The van der Waals surface area contributed by atoms with Crippen molar-refractivity contribution in [3.8, 4) is 0 Å². The lowest BCUT2D eigenvalue weighted by Gasteiger charge is -2.58. The van der Waals surface area contributed by atoms with Crippen molar-refractivity contribution in [2.45, 2.75) is 248 Å². The third kappa shape index (κ3) is 12.8. The van der Waals surface area contributed by atoms with E-state index in [9.17, 15) is 9.59 Å². The summed E-state index contributed by atoms with van der Waals surface area (Å²) in [5, 5.41) is 0. The molecule has 7 fully saturated rings. The molecule has 6 saturated carbocycles. The summed E-state index contributed by atoms with van der Waals surface area (Å²) in [5.41, 5.74) is 4.71. The number of rotatable bonds is 23. The van der Waals surface area contributed by atoms with E-state index in [2.05, 4.69) is 103 Å². The summed E-state index contributed by atoms with van der Waals surface area (Å²) in [7, 11) is 2.22. The molecule has 9 aliphatic rings. The van der Waals surface area contributed by atoms with Crippen LogP contribution in [-0.2, 0) is 19.1 Å². The van der Waals surface area contributed by atoms with Crippen molar-refractivity contribution in [2.24, 2.45) is 92.7 Å². The number of piperazine rings is 1. The molecule has 0 unspecified atom stereocenters. The Bertz CT molecular complexity index is 1860. The Labute approximate surface area is 467 Å². The second kappa shape index (κ2) is 25.2. The van der Waals surface area contributed by atoms with Gasteiger partial charge >= 0.3 is 11.9 Å². The van der Waals surface area contributed by atoms with Crippen LogP contribution >= 0.6 is 0 Å². The number of hydrogen-bond donors (Lipinski definition) is 0. The SMILES string of the molecule is CC(C)CCC[C@@H](C)[C@H]1CC[C@H]2[C@@H]3CC=C4C[C@@H](OC(=O)CCN(CCCCN5CCN(C)CC5)CCC(=O)O[C@H]5CC[C@@]6(C)C(=CC[C@H]7[C@@H]8CC[C@H]([C@H](C)CCCC(C)C)[C@@]8(C)CC[C@@H]76)C5)CC[C@]4(C)[C@H]3CC[C@]12C. The van der Waals surface area contributed by atoms with E-state index >= 15 is 0 Å². The number of unbranched alkanes of at least 4 members (excludes halogenated alkanes) is 1. The van der Waals surface area contributed by atoms with Gasteiger partial charge in [-0.2, -0.15) is 0 Å². The van der Waals surface area contributed by atoms with Crippen LogP contribution in [0.4, 0.5) is 0 Å². The number of likely N-dealkylation sites (N-methyl/N-ethyl adjacent to an activating group) is 1. The first kappa shape index (κ1) is 58.9. The lowest BCUT2D eigenvalue weighted by Crippen LogP contribution is -2.51. The van der Waals surface area contributed by atoms with E-state index in [0.29, 0.717) is 36.8 Å². The minimum absolute atomic E-state index is 0.0132. The number of fused-ring (bicyclic) bond motifs is 10. The fourth-order valence-corrected chi connectivity index (χ4v) is 20.6. The predicted octanol–water partition coefficient (Wildman–Crippen LogP) is 16.0. The van der Waals surface area contributed by atoms with E-state index < -0.39 is 0 Å². The molecular weight excluding hydrogens is 935 g/mol. The molecule has 0 aromatic heterocycles. The molecule has 0 aromatic carbocycles. The third-order valence-corrected chi connectivity index (χ3v) is 25.2. The summed E-state index contributed by atoms with van der Waals surface area (Å²) >= 11 is 0. The van der Waals surface area contributed by atoms with Crippen molar-refractivity contribution >= 4 is 11.9 Å². The van der Waals surface area contributed by atoms with Crippen LogP contribution < -0.4 is 0 Å². The molecule has 0 aromatic rings. The first-order valence-electron chi connectivity index (χ1n) is 33.2. The molecule has 1 heterocycles. The Morgan fingerprint density at radius 2 is 1.01 bits per heavy atom. The molecule has 1 saturated heterocycles. The molecule has 16 atom stereocenters. The van der Waals surface area contributed by atoms with Crippen LogP contribution in [0, 0.1) is 92.7 Å². The van der Waals surface area contributed by atoms with Gasteiger partial charge in [0.2, 0.25) is 0 Å². The highest BCUT2D eigenvalue weighted by atomic mass is 16.5. The smallest absolute Gasteiger partial charge is 0.307 e. The van der Waals surface area contributed by atoms with Crippen molar-refractivity contribution in [1.29, 1.82) is 0 Å². The predicted molar refractivity (Wildman–Crippen MR) is 315 cm³/mol. The molecule has 8 aliphatic carbocycles. The van der Waals surface area contributed by atoms with Gasteiger partial charge in [0.15, 0.2) is 0 Å². The number of allylic oxidation sites excluding steroid dienone is 2. The van der Waals surface area contributed by atoms with Crippen LogP contribution in [0.25, 0.3) is 0 Å². The Hall–Kier alpha value is -1.70. The number of esters is 2. The molecular formula is C69H117N3O4. The number of nitrogens with zero attached hydrogens (tertiary/aromatic N) is 3. The lowest BCUT2D eigenvalue weighted by atomic mass is 9.47. The maximum Gasteiger partial charge on any atom is 0.307 e. The quantitative estimate of drug-likeness (QED) is 0.0574. The van der Waals surface area contributed by atoms with E-state index in [1.54, 1.807) is 11.1 Å². The van der Waals surface area contributed by atoms with E-state index in [1.807, 2.05) is 0 Å². The van der Waals surface area contributed by atoms with Crippen molar-refractivity contribution in [3.05, 3.63) is 23.3 Å². The van der Waals surface area contributed by atoms with Crippen molar-refractivity contribution in [1.82, 2.24) is 14.7 Å². The second-order valence-electron chi connectivity index (χ2n) is 30.5. The van der Waals surface area contributed by atoms with E-state index in [0.717, 1.165) is 162 Å². The van der Waals surface area contributed by atoms with Crippen LogP contribution in [0.2, 0.25) is 0 Å². The second-order valence-corrected chi connectivity index (χ2v) is 30.5. The van der Waals surface area contributed by atoms with E-state index in [4.69, 9.17) is 9.47 Å². The fraction of sp³-hybridized carbons (Fsp3) is 0.913.